The van der Waals surface area contributed by atoms with Crippen molar-refractivity contribution in [3.63, 3.8) is 0 Å². The van der Waals surface area contributed by atoms with E-state index in [1.807, 2.05) is 4.90 Å². The highest BCUT2D eigenvalue weighted by atomic mass is 19.1. The van der Waals surface area contributed by atoms with Crippen LogP contribution >= 0.6 is 0 Å². The second kappa shape index (κ2) is 7.05. The van der Waals surface area contributed by atoms with Gasteiger partial charge in [0.25, 0.3) is 5.56 Å². The van der Waals surface area contributed by atoms with E-state index in [2.05, 4.69) is 13.8 Å². The third kappa shape index (κ3) is 3.08. The number of rotatable bonds is 5. The lowest BCUT2D eigenvalue weighted by atomic mass is 9.91. The van der Waals surface area contributed by atoms with Crippen LogP contribution in [0.25, 0.3) is 5.52 Å². The molecule has 0 spiro atoms. The lowest BCUT2D eigenvalue weighted by Crippen LogP contribution is -2.44. The molecule has 1 saturated heterocycles. The normalized spacial score (nSPS) is 20.6. The Hall–Kier alpha value is -2.55. The van der Waals surface area contributed by atoms with Gasteiger partial charge in [-0.25, -0.2) is 9.18 Å². The second-order valence-electron chi connectivity index (χ2n) is 8.54. The molecule has 0 aromatic carbocycles. The first-order valence-corrected chi connectivity index (χ1v) is 10.1. The van der Waals surface area contributed by atoms with Gasteiger partial charge in [0.2, 0.25) is 0 Å². The fraction of sp³-hybridized carbons (Fsp3) is 0.600. The number of aromatic nitrogens is 2. The van der Waals surface area contributed by atoms with Gasteiger partial charge < -0.3 is 21.2 Å². The van der Waals surface area contributed by atoms with Gasteiger partial charge >= 0.3 is 5.69 Å². The predicted molar refractivity (Wildman–Crippen MR) is 110 cm³/mol. The molecule has 8 nitrogen and oxygen atoms in total. The molecule has 0 bridgehead atoms. The van der Waals surface area contributed by atoms with Crippen LogP contribution in [0.4, 0.5) is 10.1 Å². The van der Waals surface area contributed by atoms with Crippen molar-refractivity contribution in [2.24, 2.45) is 17.6 Å². The maximum absolute atomic E-state index is 15.2. The van der Waals surface area contributed by atoms with E-state index in [4.69, 9.17) is 16.3 Å². The Morgan fingerprint density at radius 3 is 2.52 bits per heavy atom. The number of anilines is 1. The number of hydrogen-bond donors (Lipinski definition) is 2. The average Bonchev–Trinajstić information content (AvgIpc) is 3.41. The number of fused-ring (bicyclic) bond motifs is 1. The third-order valence-electron chi connectivity index (χ3n) is 6.30. The minimum absolute atomic E-state index is 0.000742. The summed E-state index contributed by atoms with van der Waals surface area (Å²) in [6.45, 7) is 5.39. The molecule has 2 fully saturated rings. The molecule has 2 aliphatic rings. The van der Waals surface area contributed by atoms with Gasteiger partial charge in [-0.3, -0.25) is 9.20 Å². The molecule has 2 aromatic rings. The summed E-state index contributed by atoms with van der Waals surface area (Å²) in [5.74, 6) is 5.86. The maximum Gasteiger partial charge on any atom is 0.354 e. The first kappa shape index (κ1) is 19.8. The van der Waals surface area contributed by atoms with E-state index < -0.39 is 17.1 Å². The Labute approximate surface area is 167 Å². The van der Waals surface area contributed by atoms with Gasteiger partial charge in [0.05, 0.1) is 18.9 Å². The molecular weight excluding hydrogens is 377 g/mol. The summed E-state index contributed by atoms with van der Waals surface area (Å²) in [6.07, 6.45) is 3.61. The van der Waals surface area contributed by atoms with E-state index in [1.165, 1.54) is 7.11 Å². The molecule has 2 unspecified atom stereocenters. The molecule has 1 aliphatic heterocycles. The zero-order valence-corrected chi connectivity index (χ0v) is 17.0. The van der Waals surface area contributed by atoms with E-state index in [9.17, 15) is 9.59 Å². The van der Waals surface area contributed by atoms with Crippen LogP contribution < -0.4 is 32.5 Å². The van der Waals surface area contributed by atoms with Crippen molar-refractivity contribution in [3.05, 3.63) is 38.4 Å². The zero-order chi connectivity index (χ0) is 21.0. The summed E-state index contributed by atoms with van der Waals surface area (Å²) < 4.78 is 22.5. The molecule has 4 N–H and O–H groups in total. The molecule has 0 radical (unpaired) electrons. The number of hydrogen-bond acceptors (Lipinski definition) is 6. The van der Waals surface area contributed by atoms with Crippen LogP contribution in [0.5, 0.6) is 5.75 Å². The van der Waals surface area contributed by atoms with E-state index in [0.717, 1.165) is 29.9 Å². The van der Waals surface area contributed by atoms with Gasteiger partial charge in [-0.05, 0) is 37.0 Å². The van der Waals surface area contributed by atoms with Crippen molar-refractivity contribution in [2.45, 2.75) is 45.1 Å². The van der Waals surface area contributed by atoms with E-state index in [1.54, 1.807) is 0 Å². The third-order valence-corrected chi connectivity index (χ3v) is 6.30. The van der Waals surface area contributed by atoms with E-state index in [-0.39, 0.29) is 29.3 Å². The van der Waals surface area contributed by atoms with Gasteiger partial charge in [0.15, 0.2) is 11.6 Å². The van der Waals surface area contributed by atoms with Crippen molar-refractivity contribution < 1.29 is 9.13 Å². The van der Waals surface area contributed by atoms with Crippen molar-refractivity contribution >= 4 is 11.2 Å². The lowest BCUT2D eigenvalue weighted by molar-refractivity contribution is 0.364. The summed E-state index contributed by atoms with van der Waals surface area (Å²) in [5, 5.41) is 0. The summed E-state index contributed by atoms with van der Waals surface area (Å²) in [6, 6.07) is 0.0172. The van der Waals surface area contributed by atoms with Crippen LogP contribution in [0.1, 0.15) is 44.6 Å². The number of methoxy groups -OCH3 is 1. The number of halogens is 1. The summed E-state index contributed by atoms with van der Waals surface area (Å²) >= 11 is 0. The summed E-state index contributed by atoms with van der Waals surface area (Å²) in [7, 11) is 1.43. The molecular formula is C20H28FN5O3. The average molecular weight is 405 g/mol. The molecule has 3 heterocycles. The Balaban J connectivity index is 1.92. The van der Waals surface area contributed by atoms with Gasteiger partial charge in [-0.1, -0.05) is 13.8 Å². The quantitative estimate of drug-likeness (QED) is 0.719. The highest BCUT2D eigenvalue weighted by Crippen LogP contribution is 2.45. The molecule has 4 rings (SSSR count). The van der Waals surface area contributed by atoms with Gasteiger partial charge in [-0.15, -0.1) is 0 Å². The lowest BCUT2D eigenvalue weighted by Gasteiger charge is -2.26. The van der Waals surface area contributed by atoms with Crippen LogP contribution in [-0.4, -0.2) is 35.3 Å². The van der Waals surface area contributed by atoms with Crippen LogP contribution in [0.2, 0.25) is 0 Å². The van der Waals surface area contributed by atoms with Crippen LogP contribution in [0.3, 0.4) is 0 Å². The SMILES string of the molecule is COc1c(N2CCC(C(N)C(C)C)C2)c(F)cn2c(=O)n(N)c(=O)c(C3CC3)c12. The fourth-order valence-electron chi connectivity index (χ4n) is 4.48. The monoisotopic (exact) mass is 405 g/mol. The molecule has 1 saturated carbocycles. The molecule has 9 heteroatoms. The molecule has 29 heavy (non-hydrogen) atoms. The van der Waals surface area contributed by atoms with Crippen molar-refractivity contribution in [2.75, 3.05) is 30.9 Å². The second-order valence-corrected chi connectivity index (χ2v) is 8.54. The predicted octanol–water partition coefficient (Wildman–Crippen LogP) is 1.01. The molecule has 1 aliphatic carbocycles. The number of pyridine rings is 1. The van der Waals surface area contributed by atoms with Crippen molar-refractivity contribution in [3.8, 4) is 5.75 Å². The number of ether oxygens (including phenoxy) is 1. The summed E-state index contributed by atoms with van der Waals surface area (Å²) in [5.41, 5.74) is 6.01. The number of nitrogen functional groups attached to an aromatic ring is 1. The molecule has 158 valence electrons. The topological polar surface area (TPSA) is 108 Å². The van der Waals surface area contributed by atoms with Gasteiger partial charge in [0, 0.05) is 19.1 Å². The van der Waals surface area contributed by atoms with E-state index >= 15 is 4.39 Å². The summed E-state index contributed by atoms with van der Waals surface area (Å²) in [4.78, 5) is 27.2. The number of nitrogens with two attached hydrogens (primary N) is 2. The van der Waals surface area contributed by atoms with Gasteiger partial charge in [-0.2, -0.15) is 4.68 Å². The van der Waals surface area contributed by atoms with Crippen molar-refractivity contribution in [1.29, 1.82) is 0 Å². The molecule has 2 aromatic heterocycles. The maximum atomic E-state index is 15.2. The minimum Gasteiger partial charge on any atom is -0.492 e. The first-order valence-electron chi connectivity index (χ1n) is 10.1. The van der Waals surface area contributed by atoms with Gasteiger partial charge in [0.1, 0.15) is 11.2 Å². The molecule has 2 atom stereocenters. The highest BCUT2D eigenvalue weighted by Gasteiger charge is 2.36. The van der Waals surface area contributed by atoms with Crippen LogP contribution in [-0.2, 0) is 0 Å². The smallest absolute Gasteiger partial charge is 0.354 e. The minimum atomic E-state index is -0.792. The Morgan fingerprint density at radius 1 is 1.24 bits per heavy atom. The Kier molecular flexibility index (Phi) is 4.80. The Bertz CT molecular complexity index is 1070. The van der Waals surface area contributed by atoms with Crippen LogP contribution in [0, 0.1) is 17.7 Å². The van der Waals surface area contributed by atoms with Crippen molar-refractivity contribution in [1.82, 2.24) is 9.08 Å². The zero-order valence-electron chi connectivity index (χ0n) is 17.0. The van der Waals surface area contributed by atoms with E-state index in [0.29, 0.717) is 34.8 Å². The fourth-order valence-corrected chi connectivity index (χ4v) is 4.48. The molecule has 0 amide bonds. The largest absolute Gasteiger partial charge is 0.492 e. The standard InChI is InChI=1S/C20H28FN5O3/c1-10(2)15(22)12-6-7-24(8-12)16-13(21)9-25-17(18(16)29-3)14(11-4-5-11)19(27)26(23)20(25)28/h9-12,15H,4-8,22-23H2,1-3H3. The van der Waals surface area contributed by atoms with Crippen LogP contribution in [0.15, 0.2) is 15.8 Å². The number of nitrogens with zero attached hydrogens (tertiary/aromatic N) is 3. The highest BCUT2D eigenvalue weighted by molar-refractivity contribution is 5.78. The Morgan fingerprint density at radius 2 is 1.93 bits per heavy atom. The first-order chi connectivity index (χ1) is 13.8.